The first kappa shape index (κ1) is 25.6. The fraction of sp³-hybridized carbons (Fsp3) is 0.172. The Labute approximate surface area is 233 Å². The molecule has 0 bridgehead atoms. The third-order valence-corrected chi connectivity index (χ3v) is 8.17. The highest BCUT2D eigenvalue weighted by Crippen LogP contribution is 2.36. The van der Waals surface area contributed by atoms with Crippen LogP contribution in [-0.4, -0.2) is 27.2 Å². The lowest BCUT2D eigenvalue weighted by Crippen LogP contribution is -2.27. The van der Waals surface area contributed by atoms with Crippen LogP contribution in [0.25, 0.3) is 17.0 Å². The first-order chi connectivity index (χ1) is 17.8. The van der Waals surface area contributed by atoms with Crippen LogP contribution in [-0.2, 0) is 17.9 Å². The molecular weight excluding hydrogens is 572 g/mol. The van der Waals surface area contributed by atoms with Crippen molar-refractivity contribution in [2.24, 2.45) is 0 Å². The maximum Gasteiger partial charge on any atom is 0.293 e. The molecule has 0 spiro atoms. The van der Waals surface area contributed by atoms with Crippen molar-refractivity contribution in [1.29, 1.82) is 0 Å². The Hall–Kier alpha value is -3.00. The Morgan fingerprint density at radius 3 is 2.62 bits per heavy atom. The molecule has 5 nitrogen and oxygen atoms in total. The highest BCUT2D eigenvalue weighted by atomic mass is 79.9. The van der Waals surface area contributed by atoms with Gasteiger partial charge in [0.25, 0.3) is 11.1 Å². The molecule has 1 saturated heterocycles. The summed E-state index contributed by atoms with van der Waals surface area (Å²) in [7, 11) is 0. The van der Waals surface area contributed by atoms with Crippen LogP contribution >= 0.6 is 39.3 Å². The molecule has 3 aromatic carbocycles. The molecular formula is C29H24BrClN2O3S. The molecule has 0 aliphatic carbocycles. The van der Waals surface area contributed by atoms with Gasteiger partial charge in [-0.1, -0.05) is 51.8 Å². The van der Waals surface area contributed by atoms with Crippen molar-refractivity contribution in [2.45, 2.75) is 26.9 Å². The van der Waals surface area contributed by atoms with E-state index in [2.05, 4.69) is 40.4 Å². The highest BCUT2D eigenvalue weighted by molar-refractivity contribution is 9.10. The van der Waals surface area contributed by atoms with Crippen LogP contribution in [0.1, 0.15) is 22.3 Å². The van der Waals surface area contributed by atoms with Crippen molar-refractivity contribution in [3.63, 3.8) is 0 Å². The molecule has 0 saturated carbocycles. The molecule has 188 valence electrons. The lowest BCUT2D eigenvalue weighted by molar-refractivity contribution is -0.123. The summed E-state index contributed by atoms with van der Waals surface area (Å²) in [6.07, 6.45) is 3.80. The molecule has 2 heterocycles. The Balaban J connectivity index is 1.39. The lowest BCUT2D eigenvalue weighted by atomic mass is 10.1. The molecule has 0 atom stereocenters. The van der Waals surface area contributed by atoms with Crippen LogP contribution in [0.2, 0.25) is 5.02 Å². The number of imide groups is 1. The SMILES string of the molecule is Cc1ccc(OCCn2cc(/C=C3\SC(=O)N(Cc4ccccc4Cl)C3=O)c3cc(Br)ccc32)cc1C. The van der Waals surface area contributed by atoms with Gasteiger partial charge < -0.3 is 9.30 Å². The van der Waals surface area contributed by atoms with Gasteiger partial charge in [-0.05, 0) is 84.8 Å². The normalized spacial score (nSPS) is 14.8. The molecule has 0 unspecified atom stereocenters. The number of hydrogen-bond donors (Lipinski definition) is 0. The number of nitrogens with zero attached hydrogens (tertiary/aromatic N) is 2. The first-order valence-corrected chi connectivity index (χ1v) is 13.8. The van der Waals surface area contributed by atoms with Crippen molar-refractivity contribution in [2.75, 3.05) is 6.61 Å². The molecule has 0 N–H and O–H groups in total. The Kier molecular flexibility index (Phi) is 7.47. The molecule has 1 aliphatic rings. The van der Waals surface area contributed by atoms with E-state index in [1.54, 1.807) is 12.1 Å². The van der Waals surface area contributed by atoms with E-state index in [0.29, 0.717) is 23.1 Å². The topological polar surface area (TPSA) is 51.5 Å². The third-order valence-electron chi connectivity index (χ3n) is 6.40. The van der Waals surface area contributed by atoms with Gasteiger partial charge in [-0.3, -0.25) is 14.5 Å². The average Bonchev–Trinajstić information content (AvgIpc) is 3.34. The van der Waals surface area contributed by atoms with E-state index >= 15 is 0 Å². The van der Waals surface area contributed by atoms with Crippen LogP contribution in [0.3, 0.4) is 0 Å². The predicted octanol–water partition coefficient (Wildman–Crippen LogP) is 7.99. The van der Waals surface area contributed by atoms with E-state index in [9.17, 15) is 9.59 Å². The quantitative estimate of drug-likeness (QED) is 0.203. The van der Waals surface area contributed by atoms with Gasteiger partial charge in [-0.25, -0.2) is 0 Å². The fourth-order valence-corrected chi connectivity index (χ4v) is 5.62. The van der Waals surface area contributed by atoms with Gasteiger partial charge in [-0.15, -0.1) is 0 Å². The van der Waals surface area contributed by atoms with Crippen molar-refractivity contribution in [3.05, 3.63) is 104 Å². The van der Waals surface area contributed by atoms with E-state index in [-0.39, 0.29) is 17.7 Å². The fourth-order valence-electron chi connectivity index (χ4n) is 4.24. The summed E-state index contributed by atoms with van der Waals surface area (Å²) in [5.74, 6) is 0.526. The molecule has 2 amide bonds. The minimum atomic E-state index is -0.316. The van der Waals surface area contributed by atoms with E-state index in [0.717, 1.165) is 44.0 Å². The van der Waals surface area contributed by atoms with E-state index in [1.165, 1.54) is 16.0 Å². The van der Waals surface area contributed by atoms with Gasteiger partial charge in [0, 0.05) is 32.2 Å². The van der Waals surface area contributed by atoms with E-state index in [1.807, 2.05) is 54.7 Å². The number of carbonyl (C=O) groups excluding carboxylic acids is 2. The van der Waals surface area contributed by atoms with Crippen LogP contribution in [0.5, 0.6) is 5.75 Å². The zero-order valence-electron chi connectivity index (χ0n) is 20.3. The molecule has 1 aliphatic heterocycles. The Morgan fingerprint density at radius 2 is 1.84 bits per heavy atom. The maximum absolute atomic E-state index is 13.2. The Bertz CT molecular complexity index is 1560. The van der Waals surface area contributed by atoms with Gasteiger partial charge in [0.15, 0.2) is 0 Å². The molecule has 8 heteroatoms. The second-order valence-corrected chi connectivity index (χ2v) is 11.2. The lowest BCUT2D eigenvalue weighted by Gasteiger charge is -2.13. The summed E-state index contributed by atoms with van der Waals surface area (Å²) in [6.45, 7) is 5.42. The molecule has 5 rings (SSSR count). The monoisotopic (exact) mass is 594 g/mol. The number of thioether (sulfide) groups is 1. The van der Waals surface area contributed by atoms with Crippen LogP contribution < -0.4 is 4.74 Å². The van der Waals surface area contributed by atoms with Crippen LogP contribution in [0.15, 0.2) is 76.2 Å². The van der Waals surface area contributed by atoms with Gasteiger partial charge in [0.1, 0.15) is 12.4 Å². The van der Waals surface area contributed by atoms with Gasteiger partial charge in [0.05, 0.1) is 18.0 Å². The Morgan fingerprint density at radius 1 is 1.03 bits per heavy atom. The van der Waals surface area contributed by atoms with E-state index in [4.69, 9.17) is 16.3 Å². The number of aromatic nitrogens is 1. The smallest absolute Gasteiger partial charge is 0.293 e. The number of fused-ring (bicyclic) bond motifs is 1. The third kappa shape index (κ3) is 5.49. The maximum atomic E-state index is 13.2. The summed E-state index contributed by atoms with van der Waals surface area (Å²) >= 11 is 10.8. The molecule has 1 aromatic heterocycles. The number of ether oxygens (including phenoxy) is 1. The van der Waals surface area contributed by atoms with Crippen molar-refractivity contribution in [3.8, 4) is 5.75 Å². The van der Waals surface area contributed by atoms with Gasteiger partial charge in [-0.2, -0.15) is 0 Å². The van der Waals surface area contributed by atoms with Crippen molar-refractivity contribution in [1.82, 2.24) is 9.47 Å². The average molecular weight is 596 g/mol. The van der Waals surface area contributed by atoms with E-state index < -0.39 is 0 Å². The number of rotatable bonds is 7. The van der Waals surface area contributed by atoms with Crippen molar-refractivity contribution < 1.29 is 14.3 Å². The van der Waals surface area contributed by atoms with Crippen LogP contribution in [0, 0.1) is 13.8 Å². The summed E-state index contributed by atoms with van der Waals surface area (Å²) < 4.78 is 9.06. The largest absolute Gasteiger partial charge is 0.492 e. The zero-order chi connectivity index (χ0) is 26.1. The summed E-state index contributed by atoms with van der Waals surface area (Å²) in [5.41, 5.74) is 5.05. The van der Waals surface area contributed by atoms with Gasteiger partial charge in [0.2, 0.25) is 0 Å². The number of halogens is 2. The molecule has 4 aromatic rings. The highest BCUT2D eigenvalue weighted by Gasteiger charge is 2.35. The summed E-state index contributed by atoms with van der Waals surface area (Å²) in [6, 6.07) is 19.4. The number of aryl methyl sites for hydroxylation is 2. The zero-order valence-corrected chi connectivity index (χ0v) is 23.5. The number of hydrogen-bond acceptors (Lipinski definition) is 4. The number of carbonyl (C=O) groups is 2. The predicted molar refractivity (Wildman–Crippen MR) is 154 cm³/mol. The van der Waals surface area contributed by atoms with Gasteiger partial charge >= 0.3 is 0 Å². The summed E-state index contributed by atoms with van der Waals surface area (Å²) in [4.78, 5) is 27.5. The van der Waals surface area contributed by atoms with Crippen molar-refractivity contribution >= 4 is 67.4 Å². The minimum absolute atomic E-state index is 0.144. The second-order valence-electron chi connectivity index (χ2n) is 8.89. The first-order valence-electron chi connectivity index (χ1n) is 11.8. The van der Waals surface area contributed by atoms with Crippen LogP contribution in [0.4, 0.5) is 4.79 Å². The number of benzene rings is 3. The number of amides is 2. The summed E-state index contributed by atoms with van der Waals surface area (Å²) in [5, 5.41) is 1.21. The standard InChI is InChI=1S/C29H24BrClN2O3S/c1-18-7-9-23(13-19(18)2)36-12-11-32-16-21(24-15-22(30)8-10-26(24)32)14-27-28(34)33(29(35)37-27)17-20-5-3-4-6-25(20)31/h3-10,13-16H,11-12,17H2,1-2H3/b27-14-. The second kappa shape index (κ2) is 10.8. The molecule has 0 radical (unpaired) electrons. The minimum Gasteiger partial charge on any atom is -0.492 e. The molecule has 37 heavy (non-hydrogen) atoms. The molecule has 1 fully saturated rings.